The molecule has 3 aliphatic rings. The van der Waals surface area contributed by atoms with E-state index in [2.05, 4.69) is 35.2 Å². The number of nitrogens with zero attached hydrogens (tertiary/aromatic N) is 1. The topological polar surface area (TPSA) is 20.3 Å². The Morgan fingerprint density at radius 1 is 0.957 bits per heavy atom. The lowest BCUT2D eigenvalue weighted by molar-refractivity contribution is -0.128. The number of hydrogen-bond acceptors (Lipinski definition) is 2. The standard InChI is InChI=1S/C21H29NO/c23-21(12-16-8-4-9-16)18-13-19-10-5-11-20(14-18)22(19)15-17-6-2-1-3-7-17/h1-3,6-7,16,18-20H,4-5,8-15H2. The van der Waals surface area contributed by atoms with Gasteiger partial charge in [-0.15, -0.1) is 0 Å². The molecule has 2 aliphatic heterocycles. The van der Waals surface area contributed by atoms with Crippen molar-refractivity contribution < 1.29 is 4.79 Å². The number of Topliss-reactive ketones (excluding diaryl/α,β-unsaturated/α-hetero) is 1. The molecule has 0 aromatic heterocycles. The van der Waals surface area contributed by atoms with Crippen molar-refractivity contribution in [2.45, 2.75) is 76.4 Å². The third-order valence-corrected chi connectivity index (χ3v) is 6.50. The molecule has 4 rings (SSSR count). The van der Waals surface area contributed by atoms with Crippen LogP contribution in [-0.2, 0) is 11.3 Å². The van der Waals surface area contributed by atoms with E-state index in [9.17, 15) is 4.79 Å². The zero-order chi connectivity index (χ0) is 15.6. The van der Waals surface area contributed by atoms with Crippen LogP contribution in [-0.4, -0.2) is 22.8 Å². The predicted molar refractivity (Wildman–Crippen MR) is 93.1 cm³/mol. The van der Waals surface area contributed by atoms with Crippen LogP contribution in [0.2, 0.25) is 0 Å². The highest BCUT2D eigenvalue weighted by atomic mass is 16.1. The summed E-state index contributed by atoms with van der Waals surface area (Å²) in [7, 11) is 0. The lowest BCUT2D eigenvalue weighted by atomic mass is 9.73. The summed E-state index contributed by atoms with van der Waals surface area (Å²) in [6.45, 7) is 1.07. The minimum Gasteiger partial charge on any atom is -0.299 e. The first-order chi connectivity index (χ1) is 11.3. The van der Waals surface area contributed by atoms with Crippen LogP contribution in [0.3, 0.4) is 0 Å². The Kier molecular flexibility index (Phi) is 4.52. The Morgan fingerprint density at radius 3 is 2.22 bits per heavy atom. The fourth-order valence-corrected chi connectivity index (χ4v) is 4.94. The van der Waals surface area contributed by atoms with Crippen molar-refractivity contribution in [1.82, 2.24) is 4.90 Å². The second-order valence-corrected chi connectivity index (χ2v) is 8.03. The summed E-state index contributed by atoms with van der Waals surface area (Å²) < 4.78 is 0. The fraction of sp³-hybridized carbons (Fsp3) is 0.667. The summed E-state index contributed by atoms with van der Waals surface area (Å²) in [6, 6.07) is 12.1. The molecule has 1 saturated carbocycles. The van der Waals surface area contributed by atoms with E-state index in [0.29, 0.717) is 23.8 Å². The van der Waals surface area contributed by atoms with Crippen LogP contribution in [0.4, 0.5) is 0 Å². The van der Waals surface area contributed by atoms with Gasteiger partial charge in [-0.1, -0.05) is 56.0 Å². The van der Waals surface area contributed by atoms with Gasteiger partial charge in [0.15, 0.2) is 0 Å². The van der Waals surface area contributed by atoms with Gasteiger partial charge < -0.3 is 0 Å². The molecule has 1 aromatic rings. The van der Waals surface area contributed by atoms with Crippen LogP contribution >= 0.6 is 0 Å². The molecule has 2 atom stereocenters. The number of piperidine rings is 2. The van der Waals surface area contributed by atoms with Gasteiger partial charge >= 0.3 is 0 Å². The molecule has 2 heteroatoms. The molecule has 0 amide bonds. The lowest BCUT2D eigenvalue weighted by Crippen LogP contribution is -2.52. The third-order valence-electron chi connectivity index (χ3n) is 6.50. The highest BCUT2D eigenvalue weighted by molar-refractivity contribution is 5.81. The first kappa shape index (κ1) is 15.4. The SMILES string of the molecule is O=C(CC1CCC1)C1CC2CCCC(C1)N2Cc1ccccc1. The van der Waals surface area contributed by atoms with Crippen molar-refractivity contribution in [2.75, 3.05) is 0 Å². The van der Waals surface area contributed by atoms with E-state index < -0.39 is 0 Å². The van der Waals surface area contributed by atoms with Gasteiger partial charge in [0.25, 0.3) is 0 Å². The highest BCUT2D eigenvalue weighted by Gasteiger charge is 2.40. The summed E-state index contributed by atoms with van der Waals surface area (Å²) in [5.41, 5.74) is 1.42. The van der Waals surface area contributed by atoms with Gasteiger partial charge in [0.1, 0.15) is 5.78 Å². The van der Waals surface area contributed by atoms with Crippen molar-refractivity contribution in [3.8, 4) is 0 Å². The van der Waals surface area contributed by atoms with Crippen LogP contribution in [0.25, 0.3) is 0 Å². The molecule has 0 radical (unpaired) electrons. The number of carbonyl (C=O) groups is 1. The maximum atomic E-state index is 12.7. The Hall–Kier alpha value is -1.15. The molecule has 0 N–H and O–H groups in total. The van der Waals surface area contributed by atoms with Crippen molar-refractivity contribution >= 4 is 5.78 Å². The van der Waals surface area contributed by atoms with Gasteiger partial charge in [0, 0.05) is 31.0 Å². The van der Waals surface area contributed by atoms with Crippen molar-refractivity contribution in [3.05, 3.63) is 35.9 Å². The Labute approximate surface area is 140 Å². The van der Waals surface area contributed by atoms with E-state index in [1.807, 2.05) is 0 Å². The molecular weight excluding hydrogens is 282 g/mol. The number of hydrogen-bond donors (Lipinski definition) is 0. The smallest absolute Gasteiger partial charge is 0.136 e. The Bertz CT molecular complexity index is 522. The van der Waals surface area contributed by atoms with Crippen molar-refractivity contribution in [3.63, 3.8) is 0 Å². The van der Waals surface area contributed by atoms with Crippen molar-refractivity contribution in [2.24, 2.45) is 11.8 Å². The molecule has 2 heterocycles. The lowest BCUT2D eigenvalue weighted by Gasteiger charge is -2.49. The molecule has 124 valence electrons. The Morgan fingerprint density at radius 2 is 1.61 bits per heavy atom. The molecule has 2 bridgehead atoms. The van der Waals surface area contributed by atoms with E-state index in [4.69, 9.17) is 0 Å². The minimum atomic E-state index is 0.359. The zero-order valence-electron chi connectivity index (χ0n) is 14.1. The number of fused-ring (bicyclic) bond motifs is 2. The second-order valence-electron chi connectivity index (χ2n) is 8.03. The average Bonchev–Trinajstić information content (AvgIpc) is 2.51. The van der Waals surface area contributed by atoms with Gasteiger partial charge in [0.05, 0.1) is 0 Å². The summed E-state index contributed by atoms with van der Waals surface area (Å²) in [5, 5.41) is 0. The van der Waals surface area contributed by atoms with E-state index in [1.54, 1.807) is 0 Å². The number of carbonyl (C=O) groups excluding carboxylic acids is 1. The molecule has 23 heavy (non-hydrogen) atoms. The fourth-order valence-electron chi connectivity index (χ4n) is 4.94. The van der Waals surface area contributed by atoms with Crippen molar-refractivity contribution in [1.29, 1.82) is 0 Å². The van der Waals surface area contributed by atoms with Gasteiger partial charge in [-0.05, 0) is 37.2 Å². The quantitative estimate of drug-likeness (QED) is 0.793. The molecular formula is C21H29NO. The van der Waals surface area contributed by atoms with E-state index >= 15 is 0 Å². The molecule has 2 nitrogen and oxygen atoms in total. The summed E-state index contributed by atoms with van der Waals surface area (Å²) in [6.07, 6.45) is 11.0. The molecule has 1 aromatic carbocycles. The van der Waals surface area contributed by atoms with E-state index in [-0.39, 0.29) is 0 Å². The van der Waals surface area contributed by atoms with Crippen LogP contribution in [0, 0.1) is 11.8 Å². The summed E-state index contributed by atoms with van der Waals surface area (Å²) in [5.74, 6) is 1.67. The van der Waals surface area contributed by atoms with Gasteiger partial charge in [0.2, 0.25) is 0 Å². The largest absolute Gasteiger partial charge is 0.299 e. The van der Waals surface area contributed by atoms with Crippen LogP contribution in [0.1, 0.15) is 63.4 Å². The second kappa shape index (κ2) is 6.76. The third kappa shape index (κ3) is 3.38. The van der Waals surface area contributed by atoms with Gasteiger partial charge in [-0.2, -0.15) is 0 Å². The van der Waals surface area contributed by atoms with E-state index in [0.717, 1.165) is 31.7 Å². The van der Waals surface area contributed by atoms with E-state index in [1.165, 1.54) is 44.1 Å². The summed E-state index contributed by atoms with van der Waals surface area (Å²) in [4.78, 5) is 15.4. The minimum absolute atomic E-state index is 0.359. The molecule has 1 aliphatic carbocycles. The number of rotatable bonds is 5. The maximum absolute atomic E-state index is 12.7. The first-order valence-electron chi connectivity index (χ1n) is 9.62. The van der Waals surface area contributed by atoms with Gasteiger partial charge in [-0.3, -0.25) is 9.69 Å². The van der Waals surface area contributed by atoms with Crippen LogP contribution in [0.5, 0.6) is 0 Å². The molecule has 2 saturated heterocycles. The zero-order valence-corrected chi connectivity index (χ0v) is 14.1. The summed E-state index contributed by atoms with van der Waals surface area (Å²) >= 11 is 0. The highest BCUT2D eigenvalue weighted by Crippen LogP contribution is 2.40. The molecule has 2 unspecified atom stereocenters. The van der Waals surface area contributed by atoms with Crippen LogP contribution < -0.4 is 0 Å². The van der Waals surface area contributed by atoms with Crippen LogP contribution in [0.15, 0.2) is 30.3 Å². The van der Waals surface area contributed by atoms with Gasteiger partial charge in [-0.25, -0.2) is 0 Å². The molecule has 0 spiro atoms. The first-order valence-corrected chi connectivity index (χ1v) is 9.62. The Balaban J connectivity index is 1.41. The predicted octanol–water partition coefficient (Wildman–Crippen LogP) is 4.58. The molecule has 3 fully saturated rings. The average molecular weight is 311 g/mol. The normalized spacial score (nSPS) is 31.6. The number of ketones is 1. The maximum Gasteiger partial charge on any atom is 0.136 e. The number of benzene rings is 1. The monoisotopic (exact) mass is 311 g/mol.